The lowest BCUT2D eigenvalue weighted by atomic mass is 9.93. The van der Waals surface area contributed by atoms with E-state index in [0.29, 0.717) is 46.8 Å². The van der Waals surface area contributed by atoms with Crippen LogP contribution in [0.1, 0.15) is 66.8 Å². The third-order valence-corrected chi connectivity index (χ3v) is 5.32. The van der Waals surface area contributed by atoms with E-state index < -0.39 is 23.5 Å². The molecular formula is C23H21FN4O5. The van der Waals surface area contributed by atoms with Gasteiger partial charge in [-0.25, -0.2) is 9.82 Å². The number of aryl methyl sites for hydroxylation is 2. The van der Waals surface area contributed by atoms with Crippen LogP contribution in [0.2, 0.25) is 0 Å². The van der Waals surface area contributed by atoms with E-state index in [2.05, 4.69) is 21.4 Å². The molecule has 170 valence electrons. The van der Waals surface area contributed by atoms with E-state index >= 15 is 0 Å². The Morgan fingerprint density at radius 3 is 2.39 bits per heavy atom. The molecule has 1 aliphatic rings. The number of carbonyl (C=O) groups excluding carboxylic acids is 3. The molecule has 2 aromatic heterocycles. The summed E-state index contributed by atoms with van der Waals surface area (Å²) in [7, 11) is 0. The van der Waals surface area contributed by atoms with Crippen LogP contribution in [-0.2, 0) is 6.42 Å². The van der Waals surface area contributed by atoms with Crippen molar-refractivity contribution in [2.45, 2.75) is 33.1 Å². The van der Waals surface area contributed by atoms with E-state index in [4.69, 9.17) is 8.83 Å². The molecule has 0 spiro atoms. The second kappa shape index (κ2) is 9.11. The Morgan fingerprint density at radius 1 is 0.970 bits per heavy atom. The summed E-state index contributed by atoms with van der Waals surface area (Å²) in [6, 6.07) is 6.46. The van der Waals surface area contributed by atoms with Crippen molar-refractivity contribution in [1.82, 2.24) is 16.3 Å². The van der Waals surface area contributed by atoms with E-state index in [0.717, 1.165) is 18.6 Å². The molecule has 1 aromatic carbocycles. The van der Waals surface area contributed by atoms with Gasteiger partial charge in [-0.2, -0.15) is 5.10 Å². The second-order valence-corrected chi connectivity index (χ2v) is 7.51. The largest absolute Gasteiger partial charge is 0.469 e. The number of hydrazine groups is 1. The minimum Gasteiger partial charge on any atom is -0.469 e. The molecule has 0 fully saturated rings. The van der Waals surface area contributed by atoms with Gasteiger partial charge in [-0.3, -0.25) is 25.2 Å². The summed E-state index contributed by atoms with van der Waals surface area (Å²) < 4.78 is 23.9. The maximum absolute atomic E-state index is 13.0. The minimum atomic E-state index is -0.644. The minimum absolute atomic E-state index is 0.0333. The lowest BCUT2D eigenvalue weighted by Crippen LogP contribution is -2.41. The topological polar surface area (TPSA) is 126 Å². The Balaban J connectivity index is 1.48. The average molecular weight is 452 g/mol. The van der Waals surface area contributed by atoms with Gasteiger partial charge in [0, 0.05) is 23.1 Å². The Bertz CT molecular complexity index is 1260. The van der Waals surface area contributed by atoms with Crippen molar-refractivity contribution >= 4 is 23.4 Å². The third kappa shape index (κ3) is 4.54. The van der Waals surface area contributed by atoms with Gasteiger partial charge in [-0.15, -0.1) is 0 Å². The Kier molecular flexibility index (Phi) is 6.07. The van der Waals surface area contributed by atoms with Gasteiger partial charge in [-0.1, -0.05) is 0 Å². The van der Waals surface area contributed by atoms with Crippen molar-refractivity contribution in [2.24, 2.45) is 5.10 Å². The number of benzene rings is 1. The molecule has 0 bridgehead atoms. The van der Waals surface area contributed by atoms with E-state index in [1.807, 2.05) is 0 Å². The highest BCUT2D eigenvalue weighted by Crippen LogP contribution is 2.29. The zero-order valence-corrected chi connectivity index (χ0v) is 18.0. The van der Waals surface area contributed by atoms with Crippen LogP contribution in [-0.4, -0.2) is 23.4 Å². The molecular weight excluding hydrogens is 431 g/mol. The summed E-state index contributed by atoms with van der Waals surface area (Å²) in [6.45, 7) is 3.39. The van der Waals surface area contributed by atoms with Crippen LogP contribution in [0.4, 0.5) is 4.39 Å². The number of nitrogens with zero attached hydrogens (tertiary/aromatic N) is 1. The number of nitrogens with one attached hydrogen (secondary N) is 3. The molecule has 0 radical (unpaired) electrons. The lowest BCUT2D eigenvalue weighted by Gasteiger charge is -2.13. The zero-order valence-electron chi connectivity index (χ0n) is 18.0. The van der Waals surface area contributed by atoms with E-state index in [1.54, 1.807) is 19.9 Å². The lowest BCUT2D eigenvalue weighted by molar-refractivity contribution is 0.0829. The number of halogens is 1. The normalized spacial score (nSPS) is 14.0. The molecule has 0 unspecified atom stereocenters. The highest BCUT2D eigenvalue weighted by Gasteiger charge is 2.28. The molecule has 0 saturated heterocycles. The van der Waals surface area contributed by atoms with Crippen molar-refractivity contribution in [3.05, 3.63) is 81.9 Å². The Hall–Kier alpha value is -4.21. The SMILES string of the molecule is Cc1occc1C(=O)N/N=C1\CCCc2oc(C(=O)NNC(=O)c3ccc(F)cc3)c(C)c21. The number of amides is 3. The zero-order chi connectivity index (χ0) is 23.5. The van der Waals surface area contributed by atoms with Gasteiger partial charge in [0.25, 0.3) is 11.8 Å². The monoisotopic (exact) mass is 452 g/mol. The first-order chi connectivity index (χ1) is 15.8. The summed E-state index contributed by atoms with van der Waals surface area (Å²) in [6.07, 6.45) is 3.37. The van der Waals surface area contributed by atoms with Crippen molar-refractivity contribution in [1.29, 1.82) is 0 Å². The Morgan fingerprint density at radius 2 is 1.70 bits per heavy atom. The predicted octanol–water partition coefficient (Wildman–Crippen LogP) is 3.17. The first-order valence-corrected chi connectivity index (χ1v) is 10.2. The number of hydrogen-bond donors (Lipinski definition) is 3. The fraction of sp³-hybridized carbons (Fsp3) is 0.217. The number of rotatable bonds is 4. The fourth-order valence-corrected chi connectivity index (χ4v) is 3.64. The molecule has 10 heteroatoms. The number of hydrogen-bond acceptors (Lipinski definition) is 6. The maximum Gasteiger partial charge on any atom is 0.305 e. The van der Waals surface area contributed by atoms with Crippen LogP contribution in [0.15, 0.2) is 50.5 Å². The number of hydrazone groups is 1. The van der Waals surface area contributed by atoms with E-state index in [9.17, 15) is 18.8 Å². The smallest absolute Gasteiger partial charge is 0.305 e. The summed E-state index contributed by atoms with van der Waals surface area (Å²) in [5.74, 6) is -1.01. The summed E-state index contributed by atoms with van der Waals surface area (Å²) in [5.41, 5.74) is 9.50. The summed E-state index contributed by atoms with van der Waals surface area (Å²) >= 11 is 0. The van der Waals surface area contributed by atoms with Crippen molar-refractivity contribution in [3.63, 3.8) is 0 Å². The highest BCUT2D eigenvalue weighted by atomic mass is 19.1. The molecule has 0 aliphatic heterocycles. The van der Waals surface area contributed by atoms with Gasteiger partial charge in [0.1, 0.15) is 17.3 Å². The highest BCUT2D eigenvalue weighted by molar-refractivity contribution is 6.07. The van der Waals surface area contributed by atoms with Gasteiger partial charge < -0.3 is 8.83 Å². The molecule has 9 nitrogen and oxygen atoms in total. The molecule has 0 saturated carbocycles. The first-order valence-electron chi connectivity index (χ1n) is 10.2. The van der Waals surface area contributed by atoms with Crippen LogP contribution in [0, 0.1) is 19.7 Å². The number of fused-ring (bicyclic) bond motifs is 1. The molecule has 3 amide bonds. The first kappa shape index (κ1) is 22.0. The van der Waals surface area contributed by atoms with Crippen molar-refractivity contribution < 1.29 is 27.6 Å². The summed E-state index contributed by atoms with van der Waals surface area (Å²) in [4.78, 5) is 37.1. The van der Waals surface area contributed by atoms with E-state index in [1.165, 1.54) is 18.4 Å². The van der Waals surface area contributed by atoms with Crippen LogP contribution in [0.5, 0.6) is 0 Å². The molecule has 1 aliphatic carbocycles. The molecule has 4 rings (SSSR count). The standard InChI is InChI=1S/C23H21FN4O5/c1-12-19-17(25-27-22(30)16-10-11-32-13(16)2)4-3-5-18(19)33-20(12)23(31)28-26-21(29)14-6-8-15(24)9-7-14/h6-11H,3-5H2,1-2H3,(H,26,29)(H,27,30)(H,28,31)/b25-17+. The van der Waals surface area contributed by atoms with Crippen LogP contribution < -0.4 is 16.3 Å². The Labute approximate surface area is 188 Å². The van der Waals surface area contributed by atoms with Crippen molar-refractivity contribution in [3.8, 4) is 0 Å². The van der Waals surface area contributed by atoms with E-state index in [-0.39, 0.29) is 11.3 Å². The van der Waals surface area contributed by atoms with Gasteiger partial charge in [-0.05, 0) is 57.0 Å². The van der Waals surface area contributed by atoms with Crippen molar-refractivity contribution in [2.75, 3.05) is 0 Å². The number of furan rings is 2. The molecule has 3 aromatic rings. The average Bonchev–Trinajstić information content (AvgIpc) is 3.39. The van der Waals surface area contributed by atoms with Crippen LogP contribution in [0.3, 0.4) is 0 Å². The predicted molar refractivity (Wildman–Crippen MR) is 115 cm³/mol. The number of carbonyl (C=O) groups is 3. The van der Waals surface area contributed by atoms with Gasteiger partial charge >= 0.3 is 5.91 Å². The van der Waals surface area contributed by atoms with Gasteiger partial charge in [0.2, 0.25) is 0 Å². The maximum atomic E-state index is 13.0. The van der Waals surface area contributed by atoms with Crippen LogP contribution in [0.25, 0.3) is 0 Å². The fourth-order valence-electron chi connectivity index (χ4n) is 3.64. The van der Waals surface area contributed by atoms with Crippen LogP contribution >= 0.6 is 0 Å². The summed E-state index contributed by atoms with van der Waals surface area (Å²) in [5, 5.41) is 4.26. The molecule has 33 heavy (non-hydrogen) atoms. The quantitative estimate of drug-likeness (QED) is 0.524. The third-order valence-electron chi connectivity index (χ3n) is 5.32. The van der Waals surface area contributed by atoms with Gasteiger partial charge in [0.05, 0.1) is 17.5 Å². The molecule has 0 atom stereocenters. The second-order valence-electron chi connectivity index (χ2n) is 7.51. The van der Waals surface area contributed by atoms with Gasteiger partial charge in [0.15, 0.2) is 5.76 Å². The molecule has 2 heterocycles. The molecule has 3 N–H and O–H groups in total.